The van der Waals surface area contributed by atoms with E-state index in [4.69, 9.17) is 4.74 Å². The van der Waals surface area contributed by atoms with Crippen LogP contribution in [0.4, 0.5) is 0 Å². The summed E-state index contributed by atoms with van der Waals surface area (Å²) in [6.45, 7) is 0. The molecule has 21 heavy (non-hydrogen) atoms. The third kappa shape index (κ3) is 2.43. The van der Waals surface area contributed by atoms with Gasteiger partial charge in [0.15, 0.2) is 5.69 Å². The van der Waals surface area contributed by atoms with Crippen LogP contribution in [0.5, 0.6) is 0 Å². The number of carbonyl (C=O) groups is 2. The van der Waals surface area contributed by atoms with E-state index in [1.807, 2.05) is 16.3 Å². The summed E-state index contributed by atoms with van der Waals surface area (Å²) in [7, 11) is 1.37. The number of aromatic nitrogens is 2. The molecule has 1 aromatic heterocycles. The van der Waals surface area contributed by atoms with Crippen molar-refractivity contribution in [2.75, 3.05) is 18.6 Å². The normalized spacial score (nSPS) is 24.6. The van der Waals surface area contributed by atoms with Crippen molar-refractivity contribution in [2.24, 2.45) is 0 Å². The Labute approximate surface area is 126 Å². The monoisotopic (exact) mass is 310 g/mol. The van der Waals surface area contributed by atoms with Crippen LogP contribution in [-0.4, -0.2) is 45.2 Å². The highest BCUT2D eigenvalue weighted by Gasteiger charge is 2.36. The van der Waals surface area contributed by atoms with Crippen LogP contribution in [-0.2, 0) is 16.0 Å². The molecule has 2 aliphatic rings. The first-order valence-corrected chi connectivity index (χ1v) is 8.28. The van der Waals surface area contributed by atoms with Gasteiger partial charge in [-0.3, -0.25) is 0 Å². The summed E-state index contributed by atoms with van der Waals surface area (Å²) < 4.78 is 6.75. The molecule has 0 saturated carbocycles. The number of fused-ring (bicyclic) bond motifs is 1. The molecule has 114 valence electrons. The number of nitrogens with zero attached hydrogens (tertiary/aromatic N) is 2. The largest absolute Gasteiger partial charge is 0.476 e. The number of esters is 1. The van der Waals surface area contributed by atoms with Crippen LogP contribution in [0, 0.1) is 0 Å². The molecule has 0 bridgehead atoms. The van der Waals surface area contributed by atoms with Crippen molar-refractivity contribution in [3.8, 4) is 0 Å². The van der Waals surface area contributed by atoms with Crippen molar-refractivity contribution in [3.63, 3.8) is 0 Å². The number of methoxy groups -OCH3 is 1. The summed E-state index contributed by atoms with van der Waals surface area (Å²) in [5.41, 5.74) is 0.784. The molecule has 7 heteroatoms. The molecule has 2 aliphatic heterocycles. The smallest absolute Gasteiger partial charge is 0.356 e. The maximum atomic E-state index is 12.1. The Morgan fingerprint density at radius 3 is 2.86 bits per heavy atom. The second-order valence-corrected chi connectivity index (χ2v) is 6.58. The minimum Gasteiger partial charge on any atom is -0.476 e. The molecular formula is C14H18N2O4S. The van der Waals surface area contributed by atoms with E-state index in [0.717, 1.165) is 30.2 Å². The first-order chi connectivity index (χ1) is 10.1. The quantitative estimate of drug-likeness (QED) is 0.858. The van der Waals surface area contributed by atoms with Gasteiger partial charge in [0.05, 0.1) is 12.8 Å². The van der Waals surface area contributed by atoms with E-state index in [1.54, 1.807) is 0 Å². The molecule has 0 radical (unpaired) electrons. The van der Waals surface area contributed by atoms with Gasteiger partial charge in [0.1, 0.15) is 11.9 Å². The standard InChI is InChI=1S/C14H18N2O4S/c1-20-14(19)10-4-2-3-9-11(13(17)18)15-12(16(9)10)8-5-6-21-7-8/h8,10H,2-7H2,1H3,(H,17,18). The fraction of sp³-hybridized carbons (Fsp3) is 0.643. The SMILES string of the molecule is COC(=O)C1CCCc2c(C(=O)O)nc(C3CCSC3)n21. The predicted molar refractivity (Wildman–Crippen MR) is 77.9 cm³/mol. The number of imidazole rings is 1. The zero-order valence-corrected chi connectivity index (χ0v) is 12.7. The fourth-order valence-corrected chi connectivity index (χ4v) is 4.44. The minimum absolute atomic E-state index is 0.107. The highest BCUT2D eigenvalue weighted by atomic mass is 32.2. The molecule has 3 rings (SSSR count). The minimum atomic E-state index is -1.01. The molecule has 3 heterocycles. The predicted octanol–water partition coefficient (Wildman–Crippen LogP) is 1.85. The van der Waals surface area contributed by atoms with Crippen LogP contribution >= 0.6 is 11.8 Å². The molecule has 0 spiro atoms. The second-order valence-electron chi connectivity index (χ2n) is 5.43. The lowest BCUT2D eigenvalue weighted by molar-refractivity contribution is -0.145. The van der Waals surface area contributed by atoms with Gasteiger partial charge in [-0.2, -0.15) is 11.8 Å². The number of carboxylic acid groups (broad SMARTS) is 1. The third-order valence-electron chi connectivity index (χ3n) is 4.21. The van der Waals surface area contributed by atoms with Crippen LogP contribution in [0.2, 0.25) is 0 Å². The van der Waals surface area contributed by atoms with E-state index in [1.165, 1.54) is 7.11 Å². The van der Waals surface area contributed by atoms with Gasteiger partial charge in [0.2, 0.25) is 0 Å². The highest BCUT2D eigenvalue weighted by Crippen LogP contribution is 2.38. The summed E-state index contributed by atoms with van der Waals surface area (Å²) in [5, 5.41) is 9.38. The van der Waals surface area contributed by atoms with Gasteiger partial charge in [-0.05, 0) is 31.4 Å². The van der Waals surface area contributed by atoms with E-state index in [-0.39, 0.29) is 17.6 Å². The molecule has 2 unspecified atom stereocenters. The number of ether oxygens (including phenoxy) is 1. The van der Waals surface area contributed by atoms with Gasteiger partial charge in [0.25, 0.3) is 0 Å². The summed E-state index contributed by atoms with van der Waals surface area (Å²) in [5.74, 6) is 1.65. The van der Waals surface area contributed by atoms with E-state index < -0.39 is 12.0 Å². The molecule has 1 fully saturated rings. The number of aromatic carboxylic acids is 1. The first kappa shape index (κ1) is 14.4. The molecule has 0 amide bonds. The number of thioether (sulfide) groups is 1. The highest BCUT2D eigenvalue weighted by molar-refractivity contribution is 7.99. The fourth-order valence-electron chi connectivity index (χ4n) is 3.22. The van der Waals surface area contributed by atoms with E-state index in [2.05, 4.69) is 4.98 Å². The van der Waals surface area contributed by atoms with Crippen molar-refractivity contribution in [1.29, 1.82) is 0 Å². The van der Waals surface area contributed by atoms with Crippen LogP contribution in [0.3, 0.4) is 0 Å². The molecule has 6 nitrogen and oxygen atoms in total. The van der Waals surface area contributed by atoms with Gasteiger partial charge >= 0.3 is 11.9 Å². The lowest BCUT2D eigenvalue weighted by Gasteiger charge is -2.26. The number of carbonyl (C=O) groups excluding carboxylic acids is 1. The van der Waals surface area contributed by atoms with Gasteiger partial charge in [0, 0.05) is 11.7 Å². The van der Waals surface area contributed by atoms with Crippen LogP contribution in [0.25, 0.3) is 0 Å². The molecule has 0 aromatic carbocycles. The molecule has 2 atom stereocenters. The van der Waals surface area contributed by atoms with Crippen LogP contribution in [0.1, 0.15) is 53.2 Å². The van der Waals surface area contributed by atoms with Crippen molar-refractivity contribution in [3.05, 3.63) is 17.2 Å². The second kappa shape index (κ2) is 5.71. The maximum absolute atomic E-state index is 12.1. The topological polar surface area (TPSA) is 81.4 Å². The molecule has 1 saturated heterocycles. The summed E-state index contributed by atoms with van der Waals surface area (Å²) >= 11 is 1.84. The van der Waals surface area contributed by atoms with Crippen molar-refractivity contribution < 1.29 is 19.4 Å². The Kier molecular flexibility index (Phi) is 3.93. The molecule has 0 aliphatic carbocycles. The van der Waals surface area contributed by atoms with Gasteiger partial charge in [-0.1, -0.05) is 0 Å². The zero-order valence-electron chi connectivity index (χ0n) is 11.9. The van der Waals surface area contributed by atoms with Crippen LogP contribution in [0.15, 0.2) is 0 Å². The van der Waals surface area contributed by atoms with Crippen molar-refractivity contribution >= 4 is 23.7 Å². The zero-order chi connectivity index (χ0) is 15.0. The molecule has 1 N–H and O–H groups in total. The number of carboxylic acids is 1. The maximum Gasteiger partial charge on any atom is 0.356 e. The Balaban J connectivity index is 2.11. The summed E-state index contributed by atoms with van der Waals surface area (Å²) in [4.78, 5) is 27.9. The average Bonchev–Trinajstić information content (AvgIpc) is 3.12. The molecule has 1 aromatic rings. The number of rotatable bonds is 3. The van der Waals surface area contributed by atoms with E-state index in [0.29, 0.717) is 18.5 Å². The Hall–Kier alpha value is -1.50. The summed E-state index contributed by atoms with van der Waals surface area (Å²) in [6.07, 6.45) is 3.10. The molecular weight excluding hydrogens is 292 g/mol. The van der Waals surface area contributed by atoms with Gasteiger partial charge in [-0.25, -0.2) is 14.6 Å². The summed E-state index contributed by atoms with van der Waals surface area (Å²) in [6, 6.07) is -0.431. The van der Waals surface area contributed by atoms with Crippen molar-refractivity contribution in [1.82, 2.24) is 9.55 Å². The number of hydrogen-bond donors (Lipinski definition) is 1. The van der Waals surface area contributed by atoms with E-state index in [9.17, 15) is 14.7 Å². The first-order valence-electron chi connectivity index (χ1n) is 7.13. The van der Waals surface area contributed by atoms with E-state index >= 15 is 0 Å². The Morgan fingerprint density at radius 2 is 2.24 bits per heavy atom. The lowest BCUT2D eigenvalue weighted by atomic mass is 10.00. The Bertz CT molecular complexity index is 578. The average molecular weight is 310 g/mol. The van der Waals surface area contributed by atoms with Gasteiger partial charge in [-0.15, -0.1) is 0 Å². The van der Waals surface area contributed by atoms with Crippen molar-refractivity contribution in [2.45, 2.75) is 37.6 Å². The lowest BCUT2D eigenvalue weighted by Crippen LogP contribution is -2.28. The van der Waals surface area contributed by atoms with Gasteiger partial charge < -0.3 is 14.4 Å². The van der Waals surface area contributed by atoms with Crippen LogP contribution < -0.4 is 0 Å². The Morgan fingerprint density at radius 1 is 1.43 bits per heavy atom. The number of hydrogen-bond acceptors (Lipinski definition) is 5. The third-order valence-corrected chi connectivity index (χ3v) is 5.37.